The van der Waals surface area contributed by atoms with Crippen molar-refractivity contribution in [2.45, 2.75) is 88.4 Å². The number of nitrogens with one attached hydrogen (secondary N) is 3. The van der Waals surface area contributed by atoms with E-state index in [9.17, 15) is 14.4 Å². The molecule has 0 radical (unpaired) electrons. The first-order valence-corrected chi connectivity index (χ1v) is 22.0. The fraction of sp³-hybridized carbons (Fsp3) is 0.500. The largest absolute Gasteiger partial charge is 0.387 e. The van der Waals surface area contributed by atoms with Crippen LogP contribution in [0.5, 0.6) is 0 Å². The van der Waals surface area contributed by atoms with Crippen LogP contribution in [0.4, 0.5) is 20.6 Å². The predicted molar refractivity (Wildman–Crippen MR) is 229 cm³/mol. The summed E-state index contributed by atoms with van der Waals surface area (Å²) in [6.07, 6.45) is 12.6. The molecule has 0 bridgehead atoms. The van der Waals surface area contributed by atoms with Crippen LogP contribution in [0, 0.1) is 22.6 Å². The Bertz CT molecular complexity index is 2440. The summed E-state index contributed by atoms with van der Waals surface area (Å²) in [6, 6.07) is 15.3. The van der Waals surface area contributed by atoms with Gasteiger partial charge in [-0.3, -0.25) is 29.8 Å². The number of anilines is 2. The topological polar surface area (TPSA) is 127 Å². The van der Waals surface area contributed by atoms with Crippen molar-refractivity contribution >= 4 is 51.7 Å². The van der Waals surface area contributed by atoms with E-state index >= 15 is 4.39 Å². The monoisotopic (exact) mass is 818 g/mol. The lowest BCUT2D eigenvalue weighted by Gasteiger charge is -2.55. The first-order chi connectivity index (χ1) is 28.6. The molecule has 11 nitrogen and oxygen atoms in total. The van der Waals surface area contributed by atoms with Crippen LogP contribution in [-0.4, -0.2) is 83.4 Å². The molecule has 2 saturated carbocycles. The van der Waals surface area contributed by atoms with Crippen LogP contribution in [0.25, 0.3) is 16.6 Å². The number of amidine groups is 1. The Balaban J connectivity index is 0.763. The number of piperidine rings is 1. The number of benzene rings is 3. The number of rotatable bonds is 6. The first kappa shape index (κ1) is 38.4. The fourth-order valence-electron chi connectivity index (χ4n) is 11.6. The lowest BCUT2D eigenvalue weighted by atomic mass is 9.65. The van der Waals surface area contributed by atoms with Crippen molar-refractivity contribution in [2.24, 2.45) is 11.3 Å². The highest BCUT2D eigenvalue weighted by Crippen LogP contribution is 2.53. The van der Waals surface area contributed by atoms with Gasteiger partial charge < -0.3 is 15.1 Å². The number of carbonyl (C=O) groups excluding carboxylic acids is 2. The molecule has 1 aromatic heterocycles. The van der Waals surface area contributed by atoms with Crippen LogP contribution in [0.1, 0.15) is 105 Å². The summed E-state index contributed by atoms with van der Waals surface area (Å²) in [4.78, 5) is 48.1. The van der Waals surface area contributed by atoms with Gasteiger partial charge in [0.1, 0.15) is 17.5 Å². The van der Waals surface area contributed by atoms with E-state index in [1.165, 1.54) is 47.0 Å². The van der Waals surface area contributed by atoms with Gasteiger partial charge in [0.2, 0.25) is 5.91 Å². The Morgan fingerprint density at radius 1 is 0.949 bits per heavy atom. The molecule has 4 aromatic rings. The Hall–Kier alpha value is -4.81. The molecular formula is C46H52ClFN8O3. The number of aromatic nitrogens is 2. The Morgan fingerprint density at radius 3 is 2.44 bits per heavy atom. The number of carbonyl (C=O) groups is 2. The second kappa shape index (κ2) is 14.7. The molecule has 2 spiro atoms. The molecule has 3 saturated heterocycles. The molecule has 5 fully saturated rings. The summed E-state index contributed by atoms with van der Waals surface area (Å²) in [5, 5.41) is 14.9. The minimum absolute atomic E-state index is 0.0912. The standard InChI is InChI=1S/C46H52ClFN8O3/c1-50-35-24-38(34(48)23-31(35)41(49)55-21-14-39(57)51-44(55)59)54-26-45(27-54)17-10-28(11-18-45)25-53-19-12-29(13-20-53)30-8-9-32-37(22-30)56-36-7-5-6-33(47)40(36)42(58)52-43(56)46(32)15-3-2-4-16-46/h5-9,22-24,28-29,49-50H,2-4,10-21,25-27H2,1H3,(H,51,57,59). The third-order valence-corrected chi connectivity index (χ3v) is 15.2. The zero-order chi connectivity index (χ0) is 40.6. The summed E-state index contributed by atoms with van der Waals surface area (Å²) in [5.41, 5.74) is 5.89. The highest BCUT2D eigenvalue weighted by atomic mass is 35.5. The molecule has 308 valence electrons. The number of hydrogen-bond acceptors (Lipinski definition) is 8. The van der Waals surface area contributed by atoms with Crippen molar-refractivity contribution in [3.8, 4) is 5.69 Å². The van der Waals surface area contributed by atoms with Crippen LogP contribution in [0.3, 0.4) is 0 Å². The minimum atomic E-state index is -0.656. The number of amides is 3. The Labute approximate surface area is 348 Å². The summed E-state index contributed by atoms with van der Waals surface area (Å²) in [6.45, 7) is 5.04. The van der Waals surface area contributed by atoms with E-state index < -0.39 is 11.8 Å². The predicted octanol–water partition coefficient (Wildman–Crippen LogP) is 7.93. The van der Waals surface area contributed by atoms with Crippen molar-refractivity contribution in [2.75, 3.05) is 56.5 Å². The molecule has 0 unspecified atom stereocenters. The molecule has 3 aromatic carbocycles. The maximum absolute atomic E-state index is 15.7. The van der Waals surface area contributed by atoms with Gasteiger partial charge >= 0.3 is 6.03 Å². The Kier molecular flexibility index (Phi) is 9.58. The maximum atomic E-state index is 15.7. The van der Waals surface area contributed by atoms with Crippen LogP contribution >= 0.6 is 11.6 Å². The number of fused-ring (bicyclic) bond motifs is 7. The van der Waals surface area contributed by atoms with Gasteiger partial charge in [-0.1, -0.05) is 49.1 Å². The van der Waals surface area contributed by atoms with Gasteiger partial charge in [0.25, 0.3) is 5.56 Å². The van der Waals surface area contributed by atoms with Crippen molar-refractivity contribution in [1.29, 1.82) is 5.41 Å². The SMILES string of the molecule is CNc1cc(N2CC3(CCC(CN4CCC(c5ccc6c(c5)-n5c(nc(=O)c7c(Cl)cccc75)C65CCCCC5)CC4)CC3)C2)c(F)cc1C(=N)N1CCC(=O)NC1=O. The van der Waals surface area contributed by atoms with Crippen molar-refractivity contribution in [3.63, 3.8) is 0 Å². The Morgan fingerprint density at radius 2 is 1.71 bits per heavy atom. The number of hydrogen-bond donors (Lipinski definition) is 3. The van der Waals surface area contributed by atoms with Gasteiger partial charge in [0.15, 0.2) is 0 Å². The average Bonchev–Trinajstić information content (AvgIpc) is 3.48. The van der Waals surface area contributed by atoms with Crippen molar-refractivity contribution in [3.05, 3.63) is 92.2 Å². The van der Waals surface area contributed by atoms with E-state index in [0.29, 0.717) is 39.2 Å². The number of urea groups is 1. The normalized spacial score (nSPS) is 21.7. The average molecular weight is 819 g/mol. The van der Waals surface area contributed by atoms with E-state index in [2.05, 4.69) is 43.2 Å². The number of imide groups is 1. The molecule has 0 atom stereocenters. The van der Waals surface area contributed by atoms with Gasteiger partial charge in [-0.05, 0) is 118 Å². The van der Waals surface area contributed by atoms with E-state index in [0.717, 1.165) is 95.4 Å². The van der Waals surface area contributed by atoms with E-state index in [4.69, 9.17) is 22.0 Å². The number of likely N-dealkylation sites (tertiary alicyclic amines) is 1. The van der Waals surface area contributed by atoms with Gasteiger partial charge in [-0.25, -0.2) is 9.18 Å². The molecule has 10 rings (SSSR count). The van der Waals surface area contributed by atoms with Gasteiger partial charge in [-0.2, -0.15) is 4.98 Å². The van der Waals surface area contributed by atoms with Crippen LogP contribution in [0.15, 0.2) is 53.3 Å². The quantitative estimate of drug-likeness (QED) is 0.133. The van der Waals surface area contributed by atoms with Gasteiger partial charge in [0, 0.05) is 56.3 Å². The molecule has 59 heavy (non-hydrogen) atoms. The van der Waals surface area contributed by atoms with Crippen molar-refractivity contribution in [1.82, 2.24) is 24.7 Å². The van der Waals surface area contributed by atoms with Gasteiger partial charge in [0.05, 0.1) is 32.7 Å². The third-order valence-electron chi connectivity index (χ3n) is 14.8. The highest BCUT2D eigenvalue weighted by molar-refractivity contribution is 6.35. The van der Waals surface area contributed by atoms with Crippen molar-refractivity contribution < 1.29 is 14.0 Å². The van der Waals surface area contributed by atoms with Crippen LogP contribution < -0.4 is 21.1 Å². The molecule has 13 heteroatoms. The molecule has 5 heterocycles. The van der Waals surface area contributed by atoms with Gasteiger partial charge in [-0.15, -0.1) is 0 Å². The third kappa shape index (κ3) is 6.43. The second-order valence-electron chi connectivity index (χ2n) is 18.2. The summed E-state index contributed by atoms with van der Waals surface area (Å²) in [7, 11) is 1.73. The highest BCUT2D eigenvalue weighted by Gasteiger charge is 2.48. The molecule has 4 aliphatic heterocycles. The second-order valence-corrected chi connectivity index (χ2v) is 18.6. The maximum Gasteiger partial charge on any atom is 0.329 e. The van der Waals surface area contributed by atoms with Crippen LogP contribution in [-0.2, 0) is 10.2 Å². The first-order valence-electron chi connectivity index (χ1n) is 21.6. The van der Waals surface area contributed by atoms with Crippen LogP contribution in [0.2, 0.25) is 5.02 Å². The van der Waals surface area contributed by atoms with E-state index in [1.54, 1.807) is 19.2 Å². The molecular weight excluding hydrogens is 767 g/mol. The number of nitrogens with zero attached hydrogens (tertiary/aromatic N) is 5. The summed E-state index contributed by atoms with van der Waals surface area (Å²) >= 11 is 6.61. The zero-order valence-corrected chi connectivity index (χ0v) is 34.5. The lowest BCUT2D eigenvalue weighted by molar-refractivity contribution is -0.121. The molecule has 6 aliphatic rings. The minimum Gasteiger partial charge on any atom is -0.387 e. The number of halogens is 2. The summed E-state index contributed by atoms with van der Waals surface area (Å²) < 4.78 is 17.9. The fourth-order valence-corrected chi connectivity index (χ4v) is 11.9. The van der Waals surface area contributed by atoms with E-state index in [1.807, 2.05) is 12.1 Å². The molecule has 3 N–H and O–H groups in total. The zero-order valence-electron chi connectivity index (χ0n) is 33.7. The molecule has 3 amide bonds. The smallest absolute Gasteiger partial charge is 0.329 e. The lowest BCUT2D eigenvalue weighted by Crippen LogP contribution is -2.58. The molecule has 2 aliphatic carbocycles. The van der Waals surface area contributed by atoms with E-state index in [-0.39, 0.29) is 41.1 Å². The summed E-state index contributed by atoms with van der Waals surface area (Å²) in [5.74, 6) is 1.14.